The van der Waals surface area contributed by atoms with E-state index in [-0.39, 0.29) is 0 Å². The molecule has 0 aromatic heterocycles. The lowest BCUT2D eigenvalue weighted by molar-refractivity contribution is -0.119. The van der Waals surface area contributed by atoms with Gasteiger partial charge in [-0.1, -0.05) is 28.1 Å². The van der Waals surface area contributed by atoms with Crippen molar-refractivity contribution >= 4 is 21.8 Å². The molecule has 1 aromatic rings. The van der Waals surface area contributed by atoms with Crippen LogP contribution in [-0.2, 0) is 11.2 Å². The van der Waals surface area contributed by atoms with Crippen molar-refractivity contribution in [1.29, 1.82) is 0 Å². The van der Waals surface area contributed by atoms with E-state index in [0.29, 0.717) is 6.42 Å². The molecule has 0 radical (unpaired) electrons. The molecule has 0 saturated heterocycles. The van der Waals surface area contributed by atoms with Crippen LogP contribution in [0.2, 0.25) is 0 Å². The first-order chi connectivity index (χ1) is 6.09. The van der Waals surface area contributed by atoms with Crippen LogP contribution < -0.4 is 11.5 Å². The van der Waals surface area contributed by atoms with Gasteiger partial charge in [0.05, 0.1) is 6.04 Å². The van der Waals surface area contributed by atoms with Crippen molar-refractivity contribution in [2.24, 2.45) is 11.5 Å². The molecule has 0 saturated carbocycles. The molecule has 1 unspecified atom stereocenters. The number of hydrogen-bond acceptors (Lipinski definition) is 2. The molecule has 1 aromatic carbocycles. The highest BCUT2D eigenvalue weighted by Crippen LogP contribution is 2.11. The van der Waals surface area contributed by atoms with E-state index in [1.54, 1.807) is 0 Å². The monoisotopic (exact) mass is 242 g/mol. The highest BCUT2D eigenvalue weighted by molar-refractivity contribution is 9.10. The molecule has 0 heterocycles. The minimum absolute atomic E-state index is 0.470. The third-order valence-electron chi connectivity index (χ3n) is 1.73. The van der Waals surface area contributed by atoms with E-state index in [0.717, 1.165) is 10.0 Å². The maximum absolute atomic E-state index is 10.7. The quantitative estimate of drug-likeness (QED) is 0.824. The summed E-state index contributed by atoms with van der Waals surface area (Å²) in [6.45, 7) is 0. The Morgan fingerprint density at radius 1 is 1.38 bits per heavy atom. The van der Waals surface area contributed by atoms with Gasteiger partial charge in [-0.05, 0) is 24.1 Å². The van der Waals surface area contributed by atoms with Gasteiger partial charge in [0, 0.05) is 4.47 Å². The molecule has 1 atom stereocenters. The van der Waals surface area contributed by atoms with E-state index in [4.69, 9.17) is 11.5 Å². The van der Waals surface area contributed by atoms with Gasteiger partial charge in [-0.3, -0.25) is 4.79 Å². The van der Waals surface area contributed by atoms with Gasteiger partial charge in [-0.15, -0.1) is 0 Å². The van der Waals surface area contributed by atoms with Gasteiger partial charge in [-0.25, -0.2) is 0 Å². The van der Waals surface area contributed by atoms with Crippen molar-refractivity contribution in [2.45, 2.75) is 12.5 Å². The molecule has 0 aliphatic carbocycles. The summed E-state index contributed by atoms with van der Waals surface area (Å²) in [6, 6.07) is 7.03. The summed E-state index contributed by atoms with van der Waals surface area (Å²) in [4.78, 5) is 10.7. The predicted molar refractivity (Wildman–Crippen MR) is 55.0 cm³/mol. The highest BCUT2D eigenvalue weighted by atomic mass is 79.9. The molecule has 0 aliphatic heterocycles. The number of carbonyl (C=O) groups is 1. The van der Waals surface area contributed by atoms with E-state index in [9.17, 15) is 4.79 Å². The average molecular weight is 243 g/mol. The Hall–Kier alpha value is -0.870. The van der Waals surface area contributed by atoms with E-state index in [1.165, 1.54) is 0 Å². The molecule has 13 heavy (non-hydrogen) atoms. The second-order valence-electron chi connectivity index (χ2n) is 2.84. The van der Waals surface area contributed by atoms with Crippen LogP contribution in [0.25, 0.3) is 0 Å². The lowest BCUT2D eigenvalue weighted by Crippen LogP contribution is -2.38. The van der Waals surface area contributed by atoms with Gasteiger partial charge >= 0.3 is 0 Å². The Morgan fingerprint density at radius 3 is 2.38 bits per heavy atom. The zero-order valence-corrected chi connectivity index (χ0v) is 8.62. The van der Waals surface area contributed by atoms with Crippen LogP contribution in [0, 0.1) is 0 Å². The van der Waals surface area contributed by atoms with Crippen LogP contribution in [0.15, 0.2) is 28.7 Å². The summed E-state index contributed by atoms with van der Waals surface area (Å²) in [5, 5.41) is 0. The molecule has 3 nitrogen and oxygen atoms in total. The standard InChI is InChI=1S/C9H11BrN2O/c10-7-3-1-6(2-4-7)5-8(11)9(12)13/h1-4,8H,5,11H2,(H2,12,13). The van der Waals surface area contributed by atoms with Gasteiger partial charge in [-0.2, -0.15) is 0 Å². The number of nitrogens with two attached hydrogens (primary N) is 2. The second-order valence-corrected chi connectivity index (χ2v) is 3.76. The number of carbonyl (C=O) groups excluding carboxylic acids is 1. The maximum atomic E-state index is 10.7. The molecule has 0 aliphatic rings. The van der Waals surface area contributed by atoms with Crippen molar-refractivity contribution in [1.82, 2.24) is 0 Å². The molecular formula is C9H11BrN2O. The van der Waals surface area contributed by atoms with Crippen LogP contribution in [0.3, 0.4) is 0 Å². The Bertz CT molecular complexity index is 297. The van der Waals surface area contributed by atoms with Gasteiger partial charge in [0.15, 0.2) is 0 Å². The molecule has 0 spiro atoms. The molecule has 1 amide bonds. The first kappa shape index (κ1) is 10.2. The summed E-state index contributed by atoms with van der Waals surface area (Å²) in [6.07, 6.45) is 0.489. The summed E-state index contributed by atoms with van der Waals surface area (Å²) in [7, 11) is 0. The lowest BCUT2D eigenvalue weighted by atomic mass is 10.1. The molecule has 70 valence electrons. The Labute approximate surface area is 85.2 Å². The molecule has 4 heteroatoms. The van der Waals surface area contributed by atoms with Crippen molar-refractivity contribution in [2.75, 3.05) is 0 Å². The van der Waals surface area contributed by atoms with Crippen LogP contribution in [-0.4, -0.2) is 11.9 Å². The van der Waals surface area contributed by atoms with Crippen LogP contribution in [0.1, 0.15) is 5.56 Å². The van der Waals surface area contributed by atoms with Crippen LogP contribution in [0.4, 0.5) is 0 Å². The van der Waals surface area contributed by atoms with E-state index in [1.807, 2.05) is 24.3 Å². The Kier molecular flexibility index (Phi) is 3.45. The largest absolute Gasteiger partial charge is 0.368 e. The smallest absolute Gasteiger partial charge is 0.234 e. The van der Waals surface area contributed by atoms with Crippen LogP contribution >= 0.6 is 15.9 Å². The summed E-state index contributed by atoms with van der Waals surface area (Å²) < 4.78 is 1.00. The first-order valence-electron chi connectivity index (χ1n) is 3.89. The van der Waals surface area contributed by atoms with Crippen molar-refractivity contribution in [3.8, 4) is 0 Å². The molecule has 4 N–H and O–H groups in total. The lowest BCUT2D eigenvalue weighted by Gasteiger charge is -2.06. The predicted octanol–water partition coefficient (Wildman–Crippen LogP) is 0.804. The summed E-state index contributed by atoms with van der Waals surface area (Å²) >= 11 is 3.32. The zero-order chi connectivity index (χ0) is 9.84. The average Bonchev–Trinajstić information content (AvgIpc) is 2.08. The highest BCUT2D eigenvalue weighted by Gasteiger charge is 2.09. The van der Waals surface area contributed by atoms with Gasteiger partial charge in [0.2, 0.25) is 5.91 Å². The molecule has 1 rings (SSSR count). The maximum Gasteiger partial charge on any atom is 0.234 e. The van der Waals surface area contributed by atoms with Crippen molar-refractivity contribution in [3.05, 3.63) is 34.3 Å². The first-order valence-corrected chi connectivity index (χ1v) is 4.68. The topological polar surface area (TPSA) is 69.1 Å². The molecule has 0 fully saturated rings. The Morgan fingerprint density at radius 2 is 1.92 bits per heavy atom. The summed E-state index contributed by atoms with van der Waals surface area (Å²) in [5.74, 6) is -0.470. The minimum atomic E-state index is -0.596. The van der Waals surface area contributed by atoms with Gasteiger partial charge in [0.1, 0.15) is 0 Å². The fourth-order valence-corrected chi connectivity index (χ4v) is 1.24. The third-order valence-corrected chi connectivity index (χ3v) is 2.26. The number of benzene rings is 1. The normalized spacial score (nSPS) is 12.5. The van der Waals surface area contributed by atoms with Crippen LogP contribution in [0.5, 0.6) is 0 Å². The summed E-state index contributed by atoms with van der Waals surface area (Å²) in [5.41, 5.74) is 11.5. The van der Waals surface area contributed by atoms with Gasteiger partial charge < -0.3 is 11.5 Å². The van der Waals surface area contributed by atoms with Crippen molar-refractivity contribution in [3.63, 3.8) is 0 Å². The zero-order valence-electron chi connectivity index (χ0n) is 7.03. The SMILES string of the molecule is NC(=O)C(N)Cc1ccc(Br)cc1. The van der Waals surface area contributed by atoms with E-state index in [2.05, 4.69) is 15.9 Å². The van der Waals surface area contributed by atoms with Gasteiger partial charge in [0.25, 0.3) is 0 Å². The number of amides is 1. The molecular weight excluding hydrogens is 232 g/mol. The van der Waals surface area contributed by atoms with E-state index >= 15 is 0 Å². The second kappa shape index (κ2) is 4.39. The number of halogens is 1. The minimum Gasteiger partial charge on any atom is -0.368 e. The number of rotatable bonds is 3. The number of hydrogen-bond donors (Lipinski definition) is 2. The fraction of sp³-hybridized carbons (Fsp3) is 0.222. The fourth-order valence-electron chi connectivity index (χ4n) is 0.975. The van der Waals surface area contributed by atoms with Crippen molar-refractivity contribution < 1.29 is 4.79 Å². The van der Waals surface area contributed by atoms with E-state index < -0.39 is 11.9 Å². The number of primary amides is 1. The molecule has 0 bridgehead atoms. The third kappa shape index (κ3) is 3.16. The Balaban J connectivity index is 2.64.